The van der Waals surface area contributed by atoms with Gasteiger partial charge in [-0.15, -0.1) is 0 Å². The third-order valence-electron chi connectivity index (χ3n) is 3.87. The summed E-state index contributed by atoms with van der Waals surface area (Å²) in [6.45, 7) is 0. The molecule has 8 heteroatoms. The quantitative estimate of drug-likeness (QED) is 0.543. The zero-order valence-corrected chi connectivity index (χ0v) is 9.62. The van der Waals surface area contributed by atoms with Gasteiger partial charge in [0.15, 0.2) is 17.5 Å². The summed E-state index contributed by atoms with van der Waals surface area (Å²) in [7, 11) is 0. The predicted molar refractivity (Wildman–Crippen MR) is 60.3 cm³/mol. The SMILES string of the molecule is O=c1ccn([C@@H]2O[C@@H]3C(O)[C@]3(O)[C@H]2O)n2ccnc12. The molecule has 1 unspecified atom stereocenters. The van der Waals surface area contributed by atoms with Gasteiger partial charge in [-0.05, 0) is 0 Å². The summed E-state index contributed by atoms with van der Waals surface area (Å²) in [5, 5.41) is 29.5. The van der Waals surface area contributed by atoms with Crippen molar-refractivity contribution in [2.24, 2.45) is 0 Å². The fraction of sp³-hybridized carbons (Fsp3) is 0.455. The van der Waals surface area contributed by atoms with E-state index in [1.165, 1.54) is 27.7 Å². The predicted octanol–water partition coefficient (Wildman–Crippen LogP) is -2.14. The normalized spacial score (nSPS) is 40.6. The highest BCUT2D eigenvalue weighted by Crippen LogP contribution is 2.53. The lowest BCUT2D eigenvalue weighted by atomic mass is 10.1. The van der Waals surface area contributed by atoms with Crippen LogP contribution in [0.2, 0.25) is 0 Å². The van der Waals surface area contributed by atoms with Gasteiger partial charge in [-0.1, -0.05) is 0 Å². The highest BCUT2D eigenvalue weighted by molar-refractivity contribution is 5.36. The molecule has 8 nitrogen and oxygen atoms in total. The summed E-state index contributed by atoms with van der Waals surface area (Å²) >= 11 is 0. The molecule has 1 aliphatic heterocycles. The van der Waals surface area contributed by atoms with E-state index in [1.54, 1.807) is 6.20 Å². The smallest absolute Gasteiger partial charge is 0.224 e. The average molecular weight is 265 g/mol. The second-order valence-corrected chi connectivity index (χ2v) is 4.88. The minimum absolute atomic E-state index is 0.200. The van der Waals surface area contributed by atoms with E-state index in [0.29, 0.717) is 0 Å². The number of aromatic nitrogens is 3. The standard InChI is InChI=1S/C11H11N3O5/c15-5-1-3-14(13-4-2-12-9(5)13)10-7(17)11(18)6(16)8(11)19-10/h1-4,6-8,10,16-18H/t6?,7-,8+,10+,11-/m0/s1. The van der Waals surface area contributed by atoms with Crippen molar-refractivity contribution in [3.63, 3.8) is 0 Å². The van der Waals surface area contributed by atoms with Crippen molar-refractivity contribution in [2.75, 3.05) is 0 Å². The van der Waals surface area contributed by atoms with Gasteiger partial charge in [0.1, 0.15) is 18.3 Å². The first-order valence-corrected chi connectivity index (χ1v) is 5.83. The monoisotopic (exact) mass is 265 g/mol. The van der Waals surface area contributed by atoms with Crippen molar-refractivity contribution in [3.8, 4) is 0 Å². The summed E-state index contributed by atoms with van der Waals surface area (Å²) in [4.78, 5) is 15.5. The average Bonchev–Trinajstić information content (AvgIpc) is 2.80. The Morgan fingerprint density at radius 2 is 2.11 bits per heavy atom. The largest absolute Gasteiger partial charge is 0.387 e. The molecular formula is C11H11N3O5. The number of aliphatic hydroxyl groups excluding tert-OH is 2. The Balaban J connectivity index is 1.83. The van der Waals surface area contributed by atoms with E-state index >= 15 is 0 Å². The van der Waals surface area contributed by atoms with E-state index in [2.05, 4.69) is 4.98 Å². The third kappa shape index (κ3) is 1.17. The Bertz CT molecular complexity index is 724. The molecule has 0 radical (unpaired) electrons. The van der Waals surface area contributed by atoms with E-state index in [0.717, 1.165) is 0 Å². The van der Waals surface area contributed by atoms with Gasteiger partial charge in [0.05, 0.1) is 0 Å². The number of nitrogens with zero attached hydrogens (tertiary/aromatic N) is 3. The summed E-state index contributed by atoms with van der Waals surface area (Å²) in [5.41, 5.74) is -1.68. The number of hydrogen-bond donors (Lipinski definition) is 3. The van der Waals surface area contributed by atoms with Gasteiger partial charge in [-0.25, -0.2) is 9.50 Å². The van der Waals surface area contributed by atoms with Gasteiger partial charge in [0.2, 0.25) is 5.43 Å². The molecule has 1 saturated carbocycles. The summed E-state index contributed by atoms with van der Waals surface area (Å²) in [6, 6.07) is 1.31. The highest BCUT2D eigenvalue weighted by Gasteiger charge is 2.76. The van der Waals surface area contributed by atoms with E-state index in [1.807, 2.05) is 0 Å². The van der Waals surface area contributed by atoms with Gasteiger partial charge in [-0.3, -0.25) is 9.48 Å². The van der Waals surface area contributed by atoms with Crippen molar-refractivity contribution in [3.05, 3.63) is 34.9 Å². The van der Waals surface area contributed by atoms with E-state index in [9.17, 15) is 20.1 Å². The molecule has 0 aromatic carbocycles. The molecule has 2 fully saturated rings. The Hall–Kier alpha value is -1.74. The van der Waals surface area contributed by atoms with Gasteiger partial charge in [-0.2, -0.15) is 0 Å². The Kier molecular flexibility index (Phi) is 1.89. The molecular weight excluding hydrogens is 254 g/mol. The lowest BCUT2D eigenvalue weighted by Gasteiger charge is -2.24. The maximum Gasteiger partial charge on any atom is 0.224 e. The van der Waals surface area contributed by atoms with Crippen LogP contribution in [-0.4, -0.2) is 53.4 Å². The van der Waals surface area contributed by atoms with Crippen LogP contribution < -0.4 is 5.43 Å². The third-order valence-corrected chi connectivity index (χ3v) is 3.87. The minimum Gasteiger partial charge on any atom is -0.387 e. The molecule has 0 bridgehead atoms. The molecule has 3 heterocycles. The van der Waals surface area contributed by atoms with Crippen molar-refractivity contribution in [2.45, 2.75) is 30.1 Å². The maximum absolute atomic E-state index is 11.6. The van der Waals surface area contributed by atoms with Crippen LogP contribution in [0.5, 0.6) is 0 Å². The maximum atomic E-state index is 11.6. The number of hydrogen-bond acceptors (Lipinski definition) is 6. The lowest BCUT2D eigenvalue weighted by molar-refractivity contribution is -0.102. The molecule has 2 aromatic rings. The van der Waals surface area contributed by atoms with E-state index < -0.39 is 30.1 Å². The summed E-state index contributed by atoms with van der Waals surface area (Å²) in [5.74, 6) is 0. The Morgan fingerprint density at radius 1 is 1.32 bits per heavy atom. The van der Waals surface area contributed by atoms with Crippen molar-refractivity contribution in [1.82, 2.24) is 14.2 Å². The van der Waals surface area contributed by atoms with Crippen LogP contribution in [0.1, 0.15) is 6.23 Å². The van der Waals surface area contributed by atoms with Crippen LogP contribution in [0, 0.1) is 0 Å². The van der Waals surface area contributed by atoms with Crippen LogP contribution in [0.4, 0.5) is 0 Å². The van der Waals surface area contributed by atoms with E-state index in [-0.39, 0.29) is 11.1 Å². The number of fused-ring (bicyclic) bond motifs is 2. The second kappa shape index (κ2) is 3.23. The minimum atomic E-state index is -1.62. The number of rotatable bonds is 1. The first-order valence-electron chi connectivity index (χ1n) is 5.83. The lowest BCUT2D eigenvalue weighted by Crippen LogP contribution is -2.38. The van der Waals surface area contributed by atoms with Gasteiger partial charge >= 0.3 is 0 Å². The zero-order chi connectivity index (χ0) is 13.4. The van der Waals surface area contributed by atoms with Gasteiger partial charge < -0.3 is 20.1 Å². The fourth-order valence-electron chi connectivity index (χ4n) is 2.69. The molecule has 0 spiro atoms. The van der Waals surface area contributed by atoms with Crippen LogP contribution in [-0.2, 0) is 4.74 Å². The first-order chi connectivity index (χ1) is 9.05. The molecule has 4 rings (SSSR count). The molecule has 1 saturated heterocycles. The first kappa shape index (κ1) is 11.1. The van der Waals surface area contributed by atoms with Crippen LogP contribution in [0.25, 0.3) is 5.65 Å². The Labute approximate surface area is 106 Å². The van der Waals surface area contributed by atoms with Gasteiger partial charge in [0, 0.05) is 24.7 Å². The Morgan fingerprint density at radius 3 is 2.79 bits per heavy atom. The molecule has 2 aliphatic rings. The molecule has 5 atom stereocenters. The molecule has 100 valence electrons. The number of ether oxygens (including phenoxy) is 1. The van der Waals surface area contributed by atoms with Crippen molar-refractivity contribution >= 4 is 5.65 Å². The highest BCUT2D eigenvalue weighted by atomic mass is 16.6. The molecule has 0 amide bonds. The van der Waals surface area contributed by atoms with Crippen LogP contribution in [0.15, 0.2) is 29.5 Å². The molecule has 3 N–H and O–H groups in total. The van der Waals surface area contributed by atoms with Crippen LogP contribution >= 0.6 is 0 Å². The second-order valence-electron chi connectivity index (χ2n) is 4.88. The molecule has 19 heavy (non-hydrogen) atoms. The van der Waals surface area contributed by atoms with E-state index in [4.69, 9.17) is 4.74 Å². The van der Waals surface area contributed by atoms with Crippen molar-refractivity contribution in [1.29, 1.82) is 0 Å². The molecule has 1 aliphatic carbocycles. The summed E-state index contributed by atoms with van der Waals surface area (Å²) < 4.78 is 8.33. The molecule has 2 aromatic heterocycles. The van der Waals surface area contributed by atoms with Crippen molar-refractivity contribution < 1.29 is 20.1 Å². The zero-order valence-electron chi connectivity index (χ0n) is 9.62. The van der Waals surface area contributed by atoms with Gasteiger partial charge in [0.25, 0.3) is 0 Å². The number of imidazole rings is 1. The van der Waals surface area contributed by atoms with Crippen LogP contribution in [0.3, 0.4) is 0 Å². The number of aliphatic hydroxyl groups is 3. The fourth-order valence-corrected chi connectivity index (χ4v) is 2.69. The summed E-state index contributed by atoms with van der Waals surface area (Å²) in [6.07, 6.45) is 0.430. The topological polar surface area (TPSA) is 109 Å².